The summed E-state index contributed by atoms with van der Waals surface area (Å²) in [5.74, 6) is 0.385. The maximum atomic E-state index is 12.7. The maximum absolute atomic E-state index is 12.7. The Morgan fingerprint density at radius 1 is 1.12 bits per heavy atom. The molecular weight excluding hydrogens is 336 g/mol. The highest BCUT2D eigenvalue weighted by Crippen LogP contribution is 2.24. The van der Waals surface area contributed by atoms with Crippen LogP contribution in [0.15, 0.2) is 57.9 Å². The smallest absolute Gasteiger partial charge is 0.303 e. The van der Waals surface area contributed by atoms with Crippen molar-refractivity contribution in [3.63, 3.8) is 0 Å². The van der Waals surface area contributed by atoms with Crippen LogP contribution in [0.5, 0.6) is 11.5 Å². The third-order valence-electron chi connectivity index (χ3n) is 3.95. The van der Waals surface area contributed by atoms with Gasteiger partial charge in [0.05, 0.1) is 24.7 Å². The van der Waals surface area contributed by atoms with Gasteiger partial charge in [-0.25, -0.2) is 0 Å². The number of carbonyl (C=O) groups is 1. The van der Waals surface area contributed by atoms with Crippen LogP contribution in [0.3, 0.4) is 0 Å². The molecule has 134 valence electrons. The van der Waals surface area contributed by atoms with E-state index in [-0.39, 0.29) is 18.5 Å². The Hall–Kier alpha value is -3.28. The number of methoxy groups -OCH3 is 1. The van der Waals surface area contributed by atoms with E-state index in [9.17, 15) is 9.59 Å². The van der Waals surface area contributed by atoms with E-state index in [0.717, 1.165) is 5.56 Å². The first-order chi connectivity index (χ1) is 12.6. The van der Waals surface area contributed by atoms with E-state index in [0.29, 0.717) is 34.5 Å². The molecule has 0 aliphatic heterocycles. The van der Waals surface area contributed by atoms with Crippen molar-refractivity contribution in [2.75, 3.05) is 13.7 Å². The van der Waals surface area contributed by atoms with Gasteiger partial charge in [-0.1, -0.05) is 12.1 Å². The summed E-state index contributed by atoms with van der Waals surface area (Å²) >= 11 is 0. The van der Waals surface area contributed by atoms with Gasteiger partial charge in [0.25, 0.3) is 0 Å². The molecule has 0 bridgehead atoms. The van der Waals surface area contributed by atoms with Gasteiger partial charge in [-0.3, -0.25) is 9.59 Å². The molecule has 0 unspecified atom stereocenters. The van der Waals surface area contributed by atoms with Gasteiger partial charge in [-0.05, 0) is 36.2 Å². The molecule has 0 aliphatic rings. The summed E-state index contributed by atoms with van der Waals surface area (Å²) in [5, 5.41) is 9.07. The third kappa shape index (κ3) is 3.85. The number of carboxylic acids is 1. The molecule has 0 spiro atoms. The quantitative estimate of drug-likeness (QED) is 0.651. The van der Waals surface area contributed by atoms with Crippen LogP contribution in [0.2, 0.25) is 0 Å². The molecule has 3 aromatic rings. The lowest BCUT2D eigenvalue weighted by Crippen LogP contribution is -2.05. The normalized spacial score (nSPS) is 10.7. The highest BCUT2D eigenvalue weighted by Gasteiger charge is 2.10. The summed E-state index contributed by atoms with van der Waals surface area (Å²) in [6.07, 6.45) is 1.89. The van der Waals surface area contributed by atoms with Crippen molar-refractivity contribution in [2.45, 2.75) is 12.8 Å². The van der Waals surface area contributed by atoms with Crippen molar-refractivity contribution < 1.29 is 23.8 Å². The lowest BCUT2D eigenvalue weighted by molar-refractivity contribution is -0.137. The highest BCUT2D eigenvalue weighted by atomic mass is 16.5. The van der Waals surface area contributed by atoms with Crippen LogP contribution in [0.25, 0.3) is 22.1 Å². The van der Waals surface area contributed by atoms with E-state index in [1.807, 2.05) is 0 Å². The van der Waals surface area contributed by atoms with E-state index >= 15 is 0 Å². The Bertz CT molecular complexity index is 972. The molecule has 0 saturated heterocycles. The summed E-state index contributed by atoms with van der Waals surface area (Å²) in [4.78, 5) is 23.2. The molecule has 2 aromatic carbocycles. The second kappa shape index (κ2) is 7.74. The molecular formula is C20H18O6. The number of hydrogen-bond acceptors (Lipinski definition) is 5. The molecule has 0 fully saturated rings. The molecule has 6 heteroatoms. The van der Waals surface area contributed by atoms with Crippen molar-refractivity contribution >= 4 is 16.9 Å². The number of benzene rings is 2. The molecule has 26 heavy (non-hydrogen) atoms. The largest absolute Gasteiger partial charge is 0.497 e. The van der Waals surface area contributed by atoms with Crippen LogP contribution in [-0.2, 0) is 4.79 Å². The second-order valence-electron chi connectivity index (χ2n) is 5.71. The molecule has 3 rings (SSSR count). The summed E-state index contributed by atoms with van der Waals surface area (Å²) in [6.45, 7) is 0.284. The van der Waals surface area contributed by atoms with E-state index in [2.05, 4.69) is 0 Å². The Labute approximate surface area is 149 Å². The lowest BCUT2D eigenvalue weighted by Gasteiger charge is -2.07. The molecule has 1 N–H and O–H groups in total. The third-order valence-corrected chi connectivity index (χ3v) is 3.95. The van der Waals surface area contributed by atoms with Crippen molar-refractivity contribution in [3.8, 4) is 22.6 Å². The van der Waals surface area contributed by atoms with Gasteiger partial charge in [0.1, 0.15) is 23.3 Å². The molecule has 0 atom stereocenters. The average Bonchev–Trinajstić information content (AvgIpc) is 2.65. The number of rotatable bonds is 7. The molecule has 6 nitrogen and oxygen atoms in total. The van der Waals surface area contributed by atoms with E-state index < -0.39 is 5.97 Å². The Balaban J connectivity index is 1.84. The lowest BCUT2D eigenvalue weighted by atomic mass is 10.1. The predicted octanol–water partition coefficient (Wildman–Crippen LogP) is 3.71. The summed E-state index contributed by atoms with van der Waals surface area (Å²) in [5.41, 5.74) is 1.50. The van der Waals surface area contributed by atoms with Gasteiger partial charge in [0.2, 0.25) is 0 Å². The molecule has 0 radical (unpaired) electrons. The van der Waals surface area contributed by atoms with Gasteiger partial charge in [0, 0.05) is 12.5 Å². The minimum absolute atomic E-state index is 0.0495. The van der Waals surface area contributed by atoms with Crippen LogP contribution >= 0.6 is 0 Å². The minimum Gasteiger partial charge on any atom is -0.497 e. The monoisotopic (exact) mass is 354 g/mol. The van der Waals surface area contributed by atoms with Gasteiger partial charge in [0.15, 0.2) is 5.43 Å². The molecule has 0 amide bonds. The predicted molar refractivity (Wildman–Crippen MR) is 96.8 cm³/mol. The molecule has 1 heterocycles. The van der Waals surface area contributed by atoms with E-state index in [1.54, 1.807) is 49.6 Å². The number of hydrogen-bond donors (Lipinski definition) is 1. The van der Waals surface area contributed by atoms with Crippen molar-refractivity contribution in [1.29, 1.82) is 0 Å². The van der Waals surface area contributed by atoms with E-state index in [4.69, 9.17) is 19.0 Å². The SMILES string of the molecule is COc1ccc(-c2coc3cc(OCCCC(=O)O)ccc3c2=O)cc1. The zero-order valence-electron chi connectivity index (χ0n) is 14.2. The first-order valence-electron chi connectivity index (χ1n) is 8.13. The second-order valence-corrected chi connectivity index (χ2v) is 5.71. The van der Waals surface area contributed by atoms with Crippen LogP contribution in [0, 0.1) is 0 Å². The molecule has 0 saturated carbocycles. The fraction of sp³-hybridized carbons (Fsp3) is 0.200. The number of fused-ring (bicyclic) bond motifs is 1. The fourth-order valence-corrected chi connectivity index (χ4v) is 2.58. The van der Waals surface area contributed by atoms with Crippen molar-refractivity contribution in [1.82, 2.24) is 0 Å². The van der Waals surface area contributed by atoms with E-state index in [1.165, 1.54) is 6.26 Å². The van der Waals surface area contributed by atoms with Gasteiger partial charge in [-0.15, -0.1) is 0 Å². The number of aliphatic carboxylic acids is 1. The van der Waals surface area contributed by atoms with Crippen molar-refractivity contribution in [3.05, 3.63) is 59.0 Å². The first-order valence-corrected chi connectivity index (χ1v) is 8.13. The Morgan fingerprint density at radius 3 is 2.54 bits per heavy atom. The van der Waals surface area contributed by atoms with Gasteiger partial charge < -0.3 is 19.0 Å². The zero-order chi connectivity index (χ0) is 18.5. The van der Waals surface area contributed by atoms with Crippen LogP contribution in [-0.4, -0.2) is 24.8 Å². The van der Waals surface area contributed by atoms with Gasteiger partial charge in [-0.2, -0.15) is 0 Å². The molecule has 0 aliphatic carbocycles. The number of carboxylic acid groups (broad SMARTS) is 1. The molecule has 1 aromatic heterocycles. The number of ether oxygens (including phenoxy) is 2. The minimum atomic E-state index is -0.857. The van der Waals surface area contributed by atoms with Crippen LogP contribution in [0.4, 0.5) is 0 Å². The Kier molecular flexibility index (Phi) is 5.22. The van der Waals surface area contributed by atoms with Crippen LogP contribution in [0.1, 0.15) is 12.8 Å². The summed E-state index contributed by atoms with van der Waals surface area (Å²) in [6, 6.07) is 12.1. The fourth-order valence-electron chi connectivity index (χ4n) is 2.58. The average molecular weight is 354 g/mol. The maximum Gasteiger partial charge on any atom is 0.303 e. The van der Waals surface area contributed by atoms with Gasteiger partial charge >= 0.3 is 5.97 Å². The first kappa shape index (κ1) is 17.5. The summed E-state index contributed by atoms with van der Waals surface area (Å²) in [7, 11) is 1.58. The van der Waals surface area contributed by atoms with Crippen LogP contribution < -0.4 is 14.9 Å². The topological polar surface area (TPSA) is 86.0 Å². The highest BCUT2D eigenvalue weighted by molar-refractivity contribution is 5.82. The standard InChI is InChI=1S/C20H18O6/c1-24-14-6-4-13(5-7-14)17-12-26-18-11-15(8-9-16(18)20(17)23)25-10-2-3-19(21)22/h4-9,11-12H,2-3,10H2,1H3,(H,21,22). The Morgan fingerprint density at radius 2 is 1.85 bits per heavy atom. The van der Waals surface area contributed by atoms with Crippen molar-refractivity contribution in [2.24, 2.45) is 0 Å². The zero-order valence-corrected chi connectivity index (χ0v) is 14.2. The summed E-state index contributed by atoms with van der Waals surface area (Å²) < 4.78 is 16.2.